The highest BCUT2D eigenvalue weighted by atomic mass is 35.5. The Labute approximate surface area is 148 Å². The monoisotopic (exact) mass is 373 g/mol. The number of pyridine rings is 1. The molecule has 0 radical (unpaired) electrons. The summed E-state index contributed by atoms with van der Waals surface area (Å²) in [5, 5.41) is -0.175. The molecule has 2 N–H and O–H groups in total. The van der Waals surface area contributed by atoms with Gasteiger partial charge in [0.15, 0.2) is 10.2 Å². The maximum atomic E-state index is 12.7. The lowest BCUT2D eigenvalue weighted by atomic mass is 10.2. The van der Waals surface area contributed by atoms with Gasteiger partial charge in [0.1, 0.15) is 11.5 Å². The molecule has 0 bridgehead atoms. The molecule has 0 atom stereocenters. The molecular weight excluding hydrogens is 362 g/mol. The molecule has 4 rings (SSSR count). The Morgan fingerprint density at radius 1 is 1.12 bits per heavy atom. The van der Waals surface area contributed by atoms with Gasteiger partial charge in [-0.15, -0.1) is 0 Å². The van der Waals surface area contributed by atoms with Crippen LogP contribution in [0.3, 0.4) is 0 Å². The molecule has 0 saturated carbocycles. The van der Waals surface area contributed by atoms with Gasteiger partial charge in [-0.3, -0.25) is 9.12 Å². The van der Waals surface area contributed by atoms with E-state index < -0.39 is 10.0 Å². The number of nitrogens with one attached hydrogen (secondary N) is 2. The van der Waals surface area contributed by atoms with Crippen LogP contribution in [0, 0.1) is 0 Å². The number of halogens is 1. The first-order valence-corrected chi connectivity index (χ1v) is 9.16. The number of fused-ring (bicyclic) bond motifs is 1. The number of aromatic nitrogens is 4. The second-order valence-corrected chi connectivity index (χ2v) is 7.21. The molecule has 0 fully saturated rings. The summed E-state index contributed by atoms with van der Waals surface area (Å²) in [5.74, 6) is 0.708. The van der Waals surface area contributed by atoms with Gasteiger partial charge >= 0.3 is 0 Å². The third kappa shape index (κ3) is 2.86. The molecule has 0 saturated heterocycles. The van der Waals surface area contributed by atoms with Crippen molar-refractivity contribution in [3.05, 3.63) is 66.2 Å². The predicted octanol–water partition coefficient (Wildman–Crippen LogP) is 3.18. The second-order valence-electron chi connectivity index (χ2n) is 5.26. The fourth-order valence-corrected chi connectivity index (χ4v) is 4.21. The molecular formula is C16H12ClN5O2S. The van der Waals surface area contributed by atoms with Crippen LogP contribution in [0.4, 0.5) is 5.69 Å². The molecule has 3 heterocycles. The van der Waals surface area contributed by atoms with E-state index in [1.54, 1.807) is 61.1 Å². The quantitative estimate of drug-likeness (QED) is 0.574. The van der Waals surface area contributed by atoms with Crippen molar-refractivity contribution in [2.45, 2.75) is 5.03 Å². The number of aromatic amines is 1. The van der Waals surface area contributed by atoms with Crippen LogP contribution < -0.4 is 4.72 Å². The Hall–Kier alpha value is -2.84. The summed E-state index contributed by atoms with van der Waals surface area (Å²) in [5.41, 5.74) is 1.72. The number of hydrogen-bond acceptors (Lipinski definition) is 4. The molecule has 7 nitrogen and oxygen atoms in total. The van der Waals surface area contributed by atoms with Gasteiger partial charge in [0.25, 0.3) is 10.0 Å². The van der Waals surface area contributed by atoms with Crippen molar-refractivity contribution in [1.29, 1.82) is 0 Å². The van der Waals surface area contributed by atoms with Gasteiger partial charge in [-0.2, -0.15) is 8.42 Å². The number of imidazole rings is 2. The van der Waals surface area contributed by atoms with Crippen LogP contribution in [0.2, 0.25) is 5.15 Å². The Bertz CT molecular complexity index is 1140. The SMILES string of the molecule is O=S(=O)(Nc1ccc(-c2ncc[nH]2)cc1)c1c(Cl)nc2ccccn12. The molecule has 1 aromatic carbocycles. The van der Waals surface area contributed by atoms with Crippen LogP contribution >= 0.6 is 11.6 Å². The molecule has 126 valence electrons. The predicted molar refractivity (Wildman–Crippen MR) is 95.0 cm³/mol. The first-order valence-electron chi connectivity index (χ1n) is 7.30. The normalized spacial score (nSPS) is 11.7. The van der Waals surface area contributed by atoms with E-state index in [-0.39, 0.29) is 10.2 Å². The van der Waals surface area contributed by atoms with Crippen molar-refractivity contribution in [2.75, 3.05) is 4.72 Å². The zero-order valence-corrected chi connectivity index (χ0v) is 14.3. The fraction of sp³-hybridized carbons (Fsp3) is 0. The third-order valence-electron chi connectivity index (χ3n) is 3.61. The van der Waals surface area contributed by atoms with E-state index in [0.29, 0.717) is 17.2 Å². The molecule has 0 aliphatic heterocycles. The first-order chi connectivity index (χ1) is 12.0. The molecule has 0 amide bonds. The van der Waals surface area contributed by atoms with Crippen molar-refractivity contribution in [1.82, 2.24) is 19.4 Å². The maximum absolute atomic E-state index is 12.7. The lowest BCUT2D eigenvalue weighted by molar-refractivity contribution is 0.596. The number of H-pyrrole nitrogens is 1. The summed E-state index contributed by atoms with van der Waals surface area (Å²) in [6.07, 6.45) is 4.97. The van der Waals surface area contributed by atoms with Gasteiger partial charge in [-0.1, -0.05) is 17.7 Å². The largest absolute Gasteiger partial charge is 0.345 e. The van der Waals surface area contributed by atoms with E-state index in [9.17, 15) is 8.42 Å². The van der Waals surface area contributed by atoms with E-state index in [0.717, 1.165) is 5.56 Å². The minimum absolute atomic E-state index is 0.0779. The molecule has 4 aromatic rings. The highest BCUT2D eigenvalue weighted by Crippen LogP contribution is 2.25. The number of benzene rings is 1. The fourth-order valence-electron chi connectivity index (χ4n) is 2.51. The molecule has 0 spiro atoms. The molecule has 0 unspecified atom stereocenters. The Kier molecular flexibility index (Phi) is 3.70. The minimum atomic E-state index is -3.90. The third-order valence-corrected chi connectivity index (χ3v) is 5.39. The maximum Gasteiger partial charge on any atom is 0.281 e. The summed E-state index contributed by atoms with van der Waals surface area (Å²) in [4.78, 5) is 11.2. The van der Waals surface area contributed by atoms with Gasteiger partial charge in [0.05, 0.1) is 0 Å². The van der Waals surface area contributed by atoms with E-state index >= 15 is 0 Å². The Balaban J connectivity index is 1.68. The smallest absolute Gasteiger partial charge is 0.281 e. The van der Waals surface area contributed by atoms with E-state index in [4.69, 9.17) is 11.6 Å². The van der Waals surface area contributed by atoms with Gasteiger partial charge in [0.2, 0.25) is 0 Å². The lowest BCUT2D eigenvalue weighted by Crippen LogP contribution is -2.15. The molecule has 25 heavy (non-hydrogen) atoms. The average Bonchev–Trinajstić information content (AvgIpc) is 3.21. The highest BCUT2D eigenvalue weighted by molar-refractivity contribution is 7.92. The van der Waals surface area contributed by atoms with Crippen LogP contribution in [0.1, 0.15) is 0 Å². The van der Waals surface area contributed by atoms with Gasteiger partial charge in [-0.05, 0) is 36.4 Å². The van der Waals surface area contributed by atoms with Gasteiger partial charge in [0, 0.05) is 29.8 Å². The van der Waals surface area contributed by atoms with Crippen LogP contribution in [0.5, 0.6) is 0 Å². The number of nitrogens with zero attached hydrogens (tertiary/aromatic N) is 3. The number of sulfonamides is 1. The highest BCUT2D eigenvalue weighted by Gasteiger charge is 2.24. The molecule has 0 aliphatic carbocycles. The van der Waals surface area contributed by atoms with E-state index in [1.807, 2.05) is 0 Å². The molecule has 3 aromatic heterocycles. The van der Waals surface area contributed by atoms with Crippen molar-refractivity contribution in [2.24, 2.45) is 0 Å². The van der Waals surface area contributed by atoms with Crippen molar-refractivity contribution >= 4 is 33.0 Å². The zero-order valence-electron chi connectivity index (χ0n) is 12.7. The van der Waals surface area contributed by atoms with E-state index in [1.165, 1.54) is 4.40 Å². The summed E-state index contributed by atoms with van der Waals surface area (Å²) in [6, 6.07) is 12.0. The van der Waals surface area contributed by atoms with Crippen LogP contribution in [-0.2, 0) is 10.0 Å². The van der Waals surface area contributed by atoms with Crippen molar-refractivity contribution in [3.63, 3.8) is 0 Å². The number of hydrogen-bond donors (Lipinski definition) is 2. The number of rotatable bonds is 4. The summed E-state index contributed by atoms with van der Waals surface area (Å²) < 4.78 is 29.4. The number of anilines is 1. The summed E-state index contributed by atoms with van der Waals surface area (Å²) in [6.45, 7) is 0. The zero-order chi connectivity index (χ0) is 17.4. The Morgan fingerprint density at radius 2 is 1.92 bits per heavy atom. The summed E-state index contributed by atoms with van der Waals surface area (Å²) in [7, 11) is -3.90. The summed E-state index contributed by atoms with van der Waals surface area (Å²) >= 11 is 6.05. The lowest BCUT2D eigenvalue weighted by Gasteiger charge is -2.08. The van der Waals surface area contributed by atoms with Gasteiger partial charge in [-0.25, -0.2) is 9.97 Å². The van der Waals surface area contributed by atoms with Crippen LogP contribution in [0.15, 0.2) is 66.1 Å². The van der Waals surface area contributed by atoms with E-state index in [2.05, 4.69) is 19.7 Å². The topological polar surface area (TPSA) is 92.1 Å². The van der Waals surface area contributed by atoms with Crippen molar-refractivity contribution in [3.8, 4) is 11.4 Å². The second kappa shape index (κ2) is 5.91. The molecule has 9 heteroatoms. The van der Waals surface area contributed by atoms with Crippen LogP contribution in [-0.4, -0.2) is 27.8 Å². The van der Waals surface area contributed by atoms with Crippen LogP contribution in [0.25, 0.3) is 17.0 Å². The molecule has 0 aliphatic rings. The average molecular weight is 374 g/mol. The van der Waals surface area contributed by atoms with Gasteiger partial charge < -0.3 is 4.98 Å². The van der Waals surface area contributed by atoms with Crippen molar-refractivity contribution < 1.29 is 8.42 Å². The minimum Gasteiger partial charge on any atom is -0.345 e. The Morgan fingerprint density at radius 3 is 2.64 bits per heavy atom. The standard InChI is InChI=1S/C16H12ClN5O2S/c17-14-16(22-10-2-1-3-13(22)20-14)25(23,24)21-12-6-4-11(5-7-12)15-18-8-9-19-15/h1-10,21H,(H,18,19). The first kappa shape index (κ1) is 15.7.